The summed E-state index contributed by atoms with van der Waals surface area (Å²) in [5.41, 5.74) is 11.1. The number of para-hydroxylation sites is 1. The molecule has 3 aromatic heterocycles. The van der Waals surface area contributed by atoms with Crippen molar-refractivity contribution in [1.29, 1.82) is 0 Å². The lowest BCUT2D eigenvalue weighted by molar-refractivity contribution is 0.545. The van der Waals surface area contributed by atoms with Crippen molar-refractivity contribution in [2.24, 2.45) is 0 Å². The summed E-state index contributed by atoms with van der Waals surface area (Å²) >= 11 is 0. The van der Waals surface area contributed by atoms with Gasteiger partial charge < -0.3 is 8.83 Å². The molecule has 1 aliphatic rings. The van der Waals surface area contributed by atoms with E-state index < -0.39 is 0 Å². The van der Waals surface area contributed by atoms with Crippen LogP contribution >= 0.6 is 0 Å². The Hall–Kier alpha value is -6.59. The molecule has 1 aliphatic carbocycles. The van der Waals surface area contributed by atoms with E-state index in [4.69, 9.17) is 23.8 Å². The fourth-order valence-electron chi connectivity index (χ4n) is 7.14. The predicted molar refractivity (Wildman–Crippen MR) is 200 cm³/mol. The monoisotopic (exact) mass is 643 g/mol. The highest BCUT2D eigenvalue weighted by molar-refractivity contribution is 6.06. The van der Waals surface area contributed by atoms with E-state index in [2.05, 4.69) is 97.1 Å². The second-order valence-corrected chi connectivity index (χ2v) is 12.7. The number of hydrogen-bond acceptors (Lipinski definition) is 5. The van der Waals surface area contributed by atoms with Gasteiger partial charge in [-0.25, -0.2) is 15.0 Å². The molecule has 3 heterocycles. The molecule has 0 bridgehead atoms. The van der Waals surface area contributed by atoms with E-state index in [1.54, 1.807) is 0 Å². The van der Waals surface area contributed by atoms with Gasteiger partial charge in [0.2, 0.25) is 0 Å². The fraction of sp³-hybridized carbons (Fsp3) is 0.0444. The number of hydrogen-bond donors (Lipinski definition) is 0. The Morgan fingerprint density at radius 3 is 1.78 bits per heavy atom. The summed E-state index contributed by atoms with van der Waals surface area (Å²) in [5.74, 6) is 2.88. The van der Waals surface area contributed by atoms with Crippen LogP contribution in [0.5, 0.6) is 0 Å². The van der Waals surface area contributed by atoms with Crippen molar-refractivity contribution in [2.45, 2.75) is 12.8 Å². The summed E-state index contributed by atoms with van der Waals surface area (Å²) < 4.78 is 12.7. The molecule has 0 fully saturated rings. The molecule has 0 spiro atoms. The molecule has 9 aromatic rings. The smallest absolute Gasteiger partial charge is 0.164 e. The zero-order chi connectivity index (χ0) is 33.0. The molecular weight excluding hydrogens is 615 g/mol. The Morgan fingerprint density at radius 1 is 0.400 bits per heavy atom. The lowest BCUT2D eigenvalue weighted by atomic mass is 9.92. The lowest BCUT2D eigenvalue weighted by Gasteiger charge is -2.14. The number of fused-ring (bicyclic) bond motifs is 6. The van der Waals surface area contributed by atoms with Crippen LogP contribution in [0.3, 0.4) is 0 Å². The van der Waals surface area contributed by atoms with Gasteiger partial charge >= 0.3 is 0 Å². The van der Waals surface area contributed by atoms with E-state index in [0.717, 1.165) is 90.5 Å². The third-order valence-electron chi connectivity index (χ3n) is 9.62. The number of aromatic nitrogens is 3. The van der Waals surface area contributed by atoms with Gasteiger partial charge in [-0.2, -0.15) is 0 Å². The fourth-order valence-corrected chi connectivity index (χ4v) is 7.14. The molecule has 5 nitrogen and oxygen atoms in total. The van der Waals surface area contributed by atoms with E-state index in [9.17, 15) is 0 Å². The molecule has 236 valence electrons. The average Bonchev–Trinajstić information content (AvgIpc) is 3.76. The zero-order valence-corrected chi connectivity index (χ0v) is 27.0. The highest BCUT2D eigenvalue weighted by Gasteiger charge is 2.25. The number of nitrogens with zero attached hydrogens (tertiary/aromatic N) is 3. The average molecular weight is 644 g/mol. The molecular formula is C45H29N3O2. The van der Waals surface area contributed by atoms with Gasteiger partial charge in [0.15, 0.2) is 17.5 Å². The van der Waals surface area contributed by atoms with Gasteiger partial charge in [0.05, 0.1) is 0 Å². The number of allylic oxidation sites excluding steroid dienone is 1. The molecule has 0 radical (unpaired) electrons. The Balaban J connectivity index is 1.07. The van der Waals surface area contributed by atoms with Crippen LogP contribution < -0.4 is 0 Å². The van der Waals surface area contributed by atoms with Crippen LogP contribution in [0.15, 0.2) is 161 Å². The third-order valence-corrected chi connectivity index (χ3v) is 9.62. The summed E-state index contributed by atoms with van der Waals surface area (Å²) in [6.45, 7) is 0. The van der Waals surface area contributed by atoms with Gasteiger partial charge in [-0.05, 0) is 59.0 Å². The van der Waals surface area contributed by atoms with E-state index in [1.807, 2.05) is 54.6 Å². The summed E-state index contributed by atoms with van der Waals surface area (Å²) in [6.07, 6.45) is 3.91. The van der Waals surface area contributed by atoms with Gasteiger partial charge in [-0.3, -0.25) is 0 Å². The van der Waals surface area contributed by atoms with Gasteiger partial charge in [0, 0.05) is 44.8 Å². The SMILES string of the molecule is C1=C(c2nc(-c3ccccc3)nc(-c3ccc(-c4ccccc4)cc3)n2)c2c(oc3cc(-c4ccc5oc6ccccc6c5c4)ccc23)CC1. The van der Waals surface area contributed by atoms with Crippen molar-refractivity contribution in [2.75, 3.05) is 0 Å². The standard InChI is InChI=1S/C45H29N3O2/c1-3-10-28(11-4-1)29-18-20-31(21-19-29)44-46-43(30-12-5-2-6-13-30)47-45(48-44)36-15-9-17-40-42(36)35-24-22-33(27-41(35)50-40)32-23-25-39-37(26-32)34-14-7-8-16-38(34)49-39/h1-8,10-16,18-27H,9,17H2. The van der Waals surface area contributed by atoms with Crippen LogP contribution in [-0.4, -0.2) is 15.0 Å². The second kappa shape index (κ2) is 11.5. The molecule has 5 heteroatoms. The van der Waals surface area contributed by atoms with E-state index in [1.165, 1.54) is 5.56 Å². The molecule has 0 unspecified atom stereocenters. The van der Waals surface area contributed by atoms with Crippen LogP contribution in [0.2, 0.25) is 0 Å². The van der Waals surface area contributed by atoms with Crippen molar-refractivity contribution >= 4 is 38.5 Å². The Labute approximate surface area is 288 Å². The minimum absolute atomic E-state index is 0.638. The van der Waals surface area contributed by atoms with Crippen molar-refractivity contribution in [3.8, 4) is 45.0 Å². The topological polar surface area (TPSA) is 65.0 Å². The summed E-state index contributed by atoms with van der Waals surface area (Å²) in [6, 6.07) is 50.0. The molecule has 0 amide bonds. The summed E-state index contributed by atoms with van der Waals surface area (Å²) in [7, 11) is 0. The largest absolute Gasteiger partial charge is 0.460 e. The van der Waals surface area contributed by atoms with Crippen molar-refractivity contribution < 1.29 is 8.83 Å². The number of benzene rings is 6. The molecule has 6 aromatic carbocycles. The normalized spacial score (nSPS) is 12.8. The van der Waals surface area contributed by atoms with E-state index >= 15 is 0 Å². The van der Waals surface area contributed by atoms with Crippen LogP contribution in [0.4, 0.5) is 0 Å². The van der Waals surface area contributed by atoms with Crippen molar-refractivity contribution in [3.05, 3.63) is 169 Å². The molecule has 0 saturated carbocycles. The van der Waals surface area contributed by atoms with Gasteiger partial charge in [-0.15, -0.1) is 0 Å². The first-order valence-electron chi connectivity index (χ1n) is 16.9. The highest BCUT2D eigenvalue weighted by Crippen LogP contribution is 2.41. The number of rotatable bonds is 5. The third kappa shape index (κ3) is 4.82. The molecule has 0 aliphatic heterocycles. The Kier molecular flexibility index (Phi) is 6.56. The Bertz CT molecular complexity index is 2740. The van der Waals surface area contributed by atoms with Crippen LogP contribution in [-0.2, 0) is 6.42 Å². The first-order valence-corrected chi connectivity index (χ1v) is 16.9. The van der Waals surface area contributed by atoms with Crippen LogP contribution in [0.25, 0.3) is 83.5 Å². The summed E-state index contributed by atoms with van der Waals surface area (Å²) in [5, 5.41) is 3.28. The van der Waals surface area contributed by atoms with E-state index in [-0.39, 0.29) is 0 Å². The minimum atomic E-state index is 0.638. The van der Waals surface area contributed by atoms with Gasteiger partial charge in [0.25, 0.3) is 0 Å². The maximum Gasteiger partial charge on any atom is 0.164 e. The van der Waals surface area contributed by atoms with Crippen molar-refractivity contribution in [1.82, 2.24) is 15.0 Å². The minimum Gasteiger partial charge on any atom is -0.460 e. The molecule has 0 N–H and O–H groups in total. The molecule has 0 saturated heterocycles. The molecule has 50 heavy (non-hydrogen) atoms. The van der Waals surface area contributed by atoms with Crippen molar-refractivity contribution in [3.63, 3.8) is 0 Å². The first kappa shape index (κ1) is 28.4. The first-order chi connectivity index (χ1) is 24.7. The van der Waals surface area contributed by atoms with Crippen LogP contribution in [0, 0.1) is 0 Å². The van der Waals surface area contributed by atoms with Gasteiger partial charge in [0.1, 0.15) is 22.5 Å². The quantitative estimate of drug-likeness (QED) is 0.187. The zero-order valence-electron chi connectivity index (χ0n) is 27.0. The molecule has 10 rings (SSSR count). The van der Waals surface area contributed by atoms with E-state index in [0.29, 0.717) is 17.5 Å². The number of furan rings is 2. The number of aryl methyl sites for hydroxylation is 1. The van der Waals surface area contributed by atoms with Gasteiger partial charge in [-0.1, -0.05) is 121 Å². The predicted octanol–water partition coefficient (Wildman–Crippen LogP) is 11.6. The lowest BCUT2D eigenvalue weighted by Crippen LogP contribution is -2.06. The molecule has 0 atom stereocenters. The second-order valence-electron chi connectivity index (χ2n) is 12.7. The highest BCUT2D eigenvalue weighted by atomic mass is 16.3. The summed E-state index contributed by atoms with van der Waals surface area (Å²) in [4.78, 5) is 15.2. The maximum atomic E-state index is 6.60. The Morgan fingerprint density at radius 2 is 0.980 bits per heavy atom. The maximum absolute atomic E-state index is 6.60. The van der Waals surface area contributed by atoms with Crippen LogP contribution in [0.1, 0.15) is 23.6 Å².